The van der Waals surface area contributed by atoms with Gasteiger partial charge in [-0.2, -0.15) is 26.3 Å². The summed E-state index contributed by atoms with van der Waals surface area (Å²) in [6.07, 6.45) is -7.22. The molecule has 5 rings (SSSR count). The van der Waals surface area contributed by atoms with Crippen LogP contribution in [0, 0.1) is 0 Å². The number of benzene rings is 3. The summed E-state index contributed by atoms with van der Waals surface area (Å²) in [4.78, 5) is 17.1. The number of likely N-dealkylation sites (tertiary alicyclic amines) is 1. The van der Waals surface area contributed by atoms with Crippen LogP contribution < -0.4 is 4.90 Å². The lowest BCUT2D eigenvalue weighted by atomic mass is 9.76. The Balaban J connectivity index is 1.47. The second-order valence-electron chi connectivity index (χ2n) is 10.2. The highest BCUT2D eigenvalue weighted by atomic mass is 19.4. The highest BCUT2D eigenvalue weighted by Crippen LogP contribution is 2.42. The maximum atomic E-state index is 13.4. The molecule has 0 bridgehead atoms. The highest BCUT2D eigenvalue weighted by molar-refractivity contribution is 5.95. The van der Waals surface area contributed by atoms with Crippen LogP contribution in [0.15, 0.2) is 72.8 Å². The number of hydrogen-bond acceptors (Lipinski definition) is 2. The average Bonchev–Trinajstić information content (AvgIpc) is 3.47. The molecule has 9 heteroatoms. The Labute approximate surface area is 223 Å². The summed E-state index contributed by atoms with van der Waals surface area (Å²) in [6, 6.07) is 18.9. The molecular weight excluding hydrogens is 518 g/mol. The van der Waals surface area contributed by atoms with Gasteiger partial charge in [0.15, 0.2) is 0 Å². The van der Waals surface area contributed by atoms with Crippen molar-refractivity contribution in [1.29, 1.82) is 0 Å². The van der Waals surface area contributed by atoms with Crippen LogP contribution in [0.4, 0.5) is 32.0 Å². The molecule has 3 nitrogen and oxygen atoms in total. The van der Waals surface area contributed by atoms with Gasteiger partial charge in [0.2, 0.25) is 0 Å². The first-order valence-corrected chi connectivity index (χ1v) is 13.0. The molecule has 2 heterocycles. The first-order chi connectivity index (χ1) is 18.5. The third kappa shape index (κ3) is 5.92. The zero-order valence-corrected chi connectivity index (χ0v) is 21.1. The summed E-state index contributed by atoms with van der Waals surface area (Å²) in [6.45, 7) is 2.39. The Morgan fingerprint density at radius 1 is 0.692 bits per heavy atom. The van der Waals surface area contributed by atoms with Crippen LogP contribution in [0.25, 0.3) is 0 Å². The normalized spacial score (nSPS) is 20.4. The number of hydrogen-bond donors (Lipinski definition) is 0. The van der Waals surface area contributed by atoms with Gasteiger partial charge >= 0.3 is 12.4 Å². The van der Waals surface area contributed by atoms with Crippen LogP contribution in [0.2, 0.25) is 0 Å². The fourth-order valence-electron chi connectivity index (χ4n) is 5.76. The Morgan fingerprint density at radius 2 is 1.31 bits per heavy atom. The number of halogens is 6. The van der Waals surface area contributed by atoms with Crippen LogP contribution >= 0.6 is 0 Å². The quantitative estimate of drug-likeness (QED) is 0.313. The van der Waals surface area contributed by atoms with Crippen molar-refractivity contribution in [2.75, 3.05) is 31.1 Å². The fourth-order valence-corrected chi connectivity index (χ4v) is 5.76. The van der Waals surface area contributed by atoms with Crippen LogP contribution in [-0.4, -0.2) is 37.0 Å². The maximum absolute atomic E-state index is 13.4. The first kappa shape index (κ1) is 27.1. The molecule has 0 aromatic heterocycles. The number of nitrogens with zero attached hydrogens (tertiary/aromatic N) is 2. The zero-order valence-electron chi connectivity index (χ0n) is 21.1. The van der Waals surface area contributed by atoms with Gasteiger partial charge in [-0.15, -0.1) is 0 Å². The fraction of sp³-hybridized carbons (Fsp3) is 0.367. The van der Waals surface area contributed by atoms with E-state index in [1.807, 2.05) is 36.4 Å². The van der Waals surface area contributed by atoms with E-state index in [-0.39, 0.29) is 31.0 Å². The molecule has 2 atom stereocenters. The molecule has 2 aliphatic heterocycles. The van der Waals surface area contributed by atoms with E-state index in [0.717, 1.165) is 42.7 Å². The molecule has 3 aromatic carbocycles. The van der Waals surface area contributed by atoms with Gasteiger partial charge in [0.05, 0.1) is 11.1 Å². The van der Waals surface area contributed by atoms with Crippen molar-refractivity contribution >= 4 is 11.6 Å². The first-order valence-electron chi connectivity index (χ1n) is 13.0. The molecule has 2 aliphatic rings. The zero-order chi connectivity index (χ0) is 27.8. The van der Waals surface area contributed by atoms with Crippen molar-refractivity contribution in [1.82, 2.24) is 4.90 Å². The largest absolute Gasteiger partial charge is 0.416 e. The number of carbonyl (C=O) groups excluding carboxylic acids is 1. The van der Waals surface area contributed by atoms with E-state index >= 15 is 0 Å². The Kier molecular flexibility index (Phi) is 7.35. The maximum Gasteiger partial charge on any atom is 0.416 e. The predicted molar refractivity (Wildman–Crippen MR) is 137 cm³/mol. The van der Waals surface area contributed by atoms with Gasteiger partial charge < -0.3 is 9.80 Å². The van der Waals surface area contributed by atoms with E-state index < -0.39 is 35.0 Å². The summed E-state index contributed by atoms with van der Waals surface area (Å²) in [5.41, 5.74) is -0.384. The van der Waals surface area contributed by atoms with E-state index in [4.69, 9.17) is 0 Å². The van der Waals surface area contributed by atoms with Crippen LogP contribution in [0.5, 0.6) is 0 Å². The van der Waals surface area contributed by atoms with Crippen LogP contribution in [-0.2, 0) is 12.4 Å². The van der Waals surface area contributed by atoms with Gasteiger partial charge in [0.1, 0.15) is 0 Å². The average molecular weight is 547 g/mol. The molecule has 0 spiro atoms. The minimum Gasteiger partial charge on any atom is -0.372 e. The van der Waals surface area contributed by atoms with Gasteiger partial charge in [-0.3, -0.25) is 4.79 Å². The SMILES string of the molecule is O=C(c1cc(C(F)(F)F)cc(C(F)(F)F)c1)N1CC[C@@H](c2cccc(N3CCCC3)c2)[C@@H](c2ccccc2)C1. The molecule has 206 valence electrons. The molecule has 2 saturated heterocycles. The van der Waals surface area contributed by atoms with E-state index in [0.29, 0.717) is 18.6 Å². The van der Waals surface area contributed by atoms with Gasteiger partial charge in [-0.25, -0.2) is 0 Å². The minimum absolute atomic E-state index is 0.0336. The van der Waals surface area contributed by atoms with E-state index in [9.17, 15) is 31.1 Å². The number of carbonyl (C=O) groups is 1. The molecule has 39 heavy (non-hydrogen) atoms. The molecule has 0 saturated carbocycles. The monoisotopic (exact) mass is 546 g/mol. The molecule has 0 N–H and O–H groups in total. The van der Waals surface area contributed by atoms with Crippen molar-refractivity contribution in [3.63, 3.8) is 0 Å². The number of alkyl halides is 6. The second kappa shape index (κ2) is 10.6. The van der Waals surface area contributed by atoms with Crippen LogP contribution in [0.1, 0.15) is 63.7 Å². The highest BCUT2D eigenvalue weighted by Gasteiger charge is 2.39. The molecule has 1 amide bonds. The van der Waals surface area contributed by atoms with E-state index in [2.05, 4.69) is 23.1 Å². The van der Waals surface area contributed by atoms with Gasteiger partial charge in [0.25, 0.3) is 5.91 Å². The Morgan fingerprint density at radius 3 is 1.92 bits per heavy atom. The van der Waals surface area contributed by atoms with E-state index in [1.165, 1.54) is 4.90 Å². The number of anilines is 1. The van der Waals surface area contributed by atoms with Crippen molar-refractivity contribution in [2.45, 2.75) is 43.5 Å². The summed E-state index contributed by atoms with van der Waals surface area (Å²) in [5, 5.41) is 0. The molecule has 0 aliphatic carbocycles. The van der Waals surface area contributed by atoms with Crippen molar-refractivity contribution < 1.29 is 31.1 Å². The van der Waals surface area contributed by atoms with Crippen LogP contribution in [0.3, 0.4) is 0 Å². The predicted octanol–water partition coefficient (Wildman–Crippen LogP) is 7.74. The third-order valence-corrected chi connectivity index (χ3v) is 7.73. The number of amides is 1. The Bertz CT molecular complexity index is 1280. The summed E-state index contributed by atoms with van der Waals surface area (Å²) in [5.74, 6) is -0.978. The standard InChI is InChI=1S/C30H28F6N2O/c31-29(32,33)23-15-22(16-24(18-23)30(34,35)36)28(39)38-14-11-26(27(19-38)20-7-2-1-3-8-20)21-9-6-10-25(17-21)37-12-4-5-13-37/h1-3,6-10,15-18,26-27H,4-5,11-14,19H2/t26-,27+/m0/s1. The molecule has 3 aromatic rings. The van der Waals surface area contributed by atoms with E-state index in [1.54, 1.807) is 0 Å². The van der Waals surface area contributed by atoms with Gasteiger partial charge in [0, 0.05) is 43.3 Å². The minimum atomic E-state index is -5.02. The lowest BCUT2D eigenvalue weighted by Gasteiger charge is -2.39. The number of piperidine rings is 1. The number of rotatable bonds is 4. The summed E-state index contributed by atoms with van der Waals surface area (Å²) >= 11 is 0. The molecular formula is C30H28F6N2O. The lowest BCUT2D eigenvalue weighted by molar-refractivity contribution is -0.143. The van der Waals surface area contributed by atoms with Crippen molar-refractivity contribution in [3.05, 3.63) is 101 Å². The lowest BCUT2D eigenvalue weighted by Crippen LogP contribution is -2.42. The van der Waals surface area contributed by atoms with Gasteiger partial charge in [-0.1, -0.05) is 42.5 Å². The summed E-state index contributed by atoms with van der Waals surface area (Å²) in [7, 11) is 0. The molecule has 2 fully saturated rings. The third-order valence-electron chi connectivity index (χ3n) is 7.73. The summed E-state index contributed by atoms with van der Waals surface area (Å²) < 4.78 is 80.5. The smallest absolute Gasteiger partial charge is 0.372 e. The van der Waals surface area contributed by atoms with Gasteiger partial charge in [-0.05, 0) is 66.6 Å². The Hall–Kier alpha value is -3.49. The van der Waals surface area contributed by atoms with Crippen molar-refractivity contribution in [3.8, 4) is 0 Å². The van der Waals surface area contributed by atoms with Crippen molar-refractivity contribution in [2.24, 2.45) is 0 Å². The second-order valence-corrected chi connectivity index (χ2v) is 10.2. The molecule has 0 radical (unpaired) electrons. The molecule has 0 unspecified atom stereocenters. The topological polar surface area (TPSA) is 23.6 Å².